The summed E-state index contributed by atoms with van der Waals surface area (Å²) < 4.78 is 12.7. The molecule has 3 aromatic rings. The lowest BCUT2D eigenvalue weighted by Gasteiger charge is -2.31. The summed E-state index contributed by atoms with van der Waals surface area (Å²) in [4.78, 5) is 4.22. The molecule has 0 spiro atoms. The first-order valence-electron chi connectivity index (χ1n) is 7.96. The van der Waals surface area contributed by atoms with Gasteiger partial charge < -0.3 is 14.8 Å². The molecule has 0 saturated heterocycles. The second-order valence-corrected chi connectivity index (χ2v) is 5.79. The summed E-state index contributed by atoms with van der Waals surface area (Å²) >= 11 is 0. The van der Waals surface area contributed by atoms with Gasteiger partial charge in [0.2, 0.25) is 5.95 Å². The molecule has 2 atom stereocenters. The standard InChI is InChI=1S/C17H18N6O2/c1-24-12-5-6-16(25-2)13(8-12)15-9-14(11-4-3-7-18-10-11)19-17-20-21-22-23(15)17/h3-8,10,14-15H,9H2,1-2H3,(H,19,20,22)/t14-,15+/m1/s1. The minimum absolute atomic E-state index is 0.0492. The second-order valence-electron chi connectivity index (χ2n) is 5.79. The molecule has 0 saturated carbocycles. The van der Waals surface area contributed by atoms with Crippen LogP contribution in [0.15, 0.2) is 42.7 Å². The Kier molecular flexibility index (Phi) is 3.93. The van der Waals surface area contributed by atoms with Crippen molar-refractivity contribution in [1.82, 2.24) is 25.2 Å². The van der Waals surface area contributed by atoms with Crippen LogP contribution in [0.2, 0.25) is 0 Å². The molecular weight excluding hydrogens is 320 g/mol. The summed E-state index contributed by atoms with van der Waals surface area (Å²) in [5.74, 6) is 2.16. The Balaban J connectivity index is 1.79. The maximum Gasteiger partial charge on any atom is 0.244 e. The lowest BCUT2D eigenvalue weighted by atomic mass is 9.93. The lowest BCUT2D eigenvalue weighted by molar-refractivity contribution is 0.371. The number of hydrogen-bond donors (Lipinski definition) is 1. The molecule has 1 aliphatic heterocycles. The highest BCUT2D eigenvalue weighted by molar-refractivity contribution is 5.45. The van der Waals surface area contributed by atoms with Gasteiger partial charge in [-0.15, -0.1) is 0 Å². The first-order chi connectivity index (χ1) is 12.3. The van der Waals surface area contributed by atoms with Gasteiger partial charge in [-0.05, 0) is 46.7 Å². The third-order valence-electron chi connectivity index (χ3n) is 4.43. The van der Waals surface area contributed by atoms with Crippen LogP contribution in [0.3, 0.4) is 0 Å². The highest BCUT2D eigenvalue weighted by atomic mass is 16.5. The van der Waals surface area contributed by atoms with Gasteiger partial charge in [-0.3, -0.25) is 4.98 Å². The van der Waals surface area contributed by atoms with Crippen molar-refractivity contribution < 1.29 is 9.47 Å². The Hall–Kier alpha value is -3.16. The van der Waals surface area contributed by atoms with E-state index in [4.69, 9.17) is 9.47 Å². The molecule has 0 radical (unpaired) electrons. The van der Waals surface area contributed by atoms with Crippen LogP contribution in [0.1, 0.15) is 29.6 Å². The van der Waals surface area contributed by atoms with Crippen molar-refractivity contribution in [2.24, 2.45) is 0 Å². The number of methoxy groups -OCH3 is 2. The predicted molar refractivity (Wildman–Crippen MR) is 90.7 cm³/mol. The van der Waals surface area contributed by atoms with E-state index in [9.17, 15) is 0 Å². The number of anilines is 1. The summed E-state index contributed by atoms with van der Waals surface area (Å²) in [6.45, 7) is 0. The van der Waals surface area contributed by atoms with Crippen molar-refractivity contribution >= 4 is 5.95 Å². The minimum atomic E-state index is -0.0819. The maximum absolute atomic E-state index is 5.56. The number of nitrogens with one attached hydrogen (secondary N) is 1. The number of fused-ring (bicyclic) bond motifs is 1. The molecule has 0 fully saturated rings. The molecule has 1 aliphatic rings. The fourth-order valence-corrected chi connectivity index (χ4v) is 3.20. The number of hydrogen-bond acceptors (Lipinski definition) is 7. The van der Waals surface area contributed by atoms with Crippen LogP contribution in [-0.4, -0.2) is 39.4 Å². The van der Waals surface area contributed by atoms with Crippen molar-refractivity contribution in [2.45, 2.75) is 18.5 Å². The second kappa shape index (κ2) is 6.39. The van der Waals surface area contributed by atoms with E-state index >= 15 is 0 Å². The van der Waals surface area contributed by atoms with Gasteiger partial charge in [0.05, 0.1) is 26.3 Å². The van der Waals surface area contributed by atoms with Crippen molar-refractivity contribution in [1.29, 1.82) is 0 Å². The maximum atomic E-state index is 5.56. The highest BCUT2D eigenvalue weighted by Gasteiger charge is 2.32. The molecule has 4 rings (SSSR count). The molecule has 0 unspecified atom stereocenters. The van der Waals surface area contributed by atoms with Crippen LogP contribution >= 0.6 is 0 Å². The van der Waals surface area contributed by atoms with Crippen molar-refractivity contribution in [2.75, 3.05) is 19.5 Å². The van der Waals surface area contributed by atoms with Gasteiger partial charge in [0.1, 0.15) is 11.5 Å². The van der Waals surface area contributed by atoms with Crippen LogP contribution in [-0.2, 0) is 0 Å². The molecule has 8 nitrogen and oxygen atoms in total. The summed E-state index contributed by atoms with van der Waals surface area (Å²) in [6.07, 6.45) is 4.38. The van der Waals surface area contributed by atoms with E-state index in [1.54, 1.807) is 25.1 Å². The Labute approximate surface area is 144 Å². The van der Waals surface area contributed by atoms with E-state index in [2.05, 4.69) is 25.8 Å². The monoisotopic (exact) mass is 338 g/mol. The number of benzene rings is 1. The SMILES string of the molecule is COc1ccc(OC)c([C@@H]2C[C@H](c3cccnc3)Nc3nnnn32)c1. The van der Waals surface area contributed by atoms with E-state index in [1.165, 1.54) is 0 Å². The molecule has 0 aliphatic carbocycles. The van der Waals surface area contributed by atoms with E-state index < -0.39 is 0 Å². The van der Waals surface area contributed by atoms with Gasteiger partial charge in [-0.2, -0.15) is 0 Å². The zero-order valence-corrected chi connectivity index (χ0v) is 14.0. The topological polar surface area (TPSA) is 87.0 Å². The molecule has 1 aromatic carbocycles. The van der Waals surface area contributed by atoms with Crippen LogP contribution < -0.4 is 14.8 Å². The Morgan fingerprint density at radius 2 is 2.12 bits per heavy atom. The van der Waals surface area contributed by atoms with E-state index in [1.807, 2.05) is 36.5 Å². The Morgan fingerprint density at radius 1 is 1.20 bits per heavy atom. The average Bonchev–Trinajstić information content (AvgIpc) is 3.16. The number of ether oxygens (including phenoxy) is 2. The fourth-order valence-electron chi connectivity index (χ4n) is 3.20. The molecule has 128 valence electrons. The van der Waals surface area contributed by atoms with E-state index in [-0.39, 0.29) is 12.1 Å². The Morgan fingerprint density at radius 3 is 2.88 bits per heavy atom. The summed E-state index contributed by atoms with van der Waals surface area (Å²) in [6, 6.07) is 9.69. The fraction of sp³-hybridized carbons (Fsp3) is 0.294. The third-order valence-corrected chi connectivity index (χ3v) is 4.43. The van der Waals surface area contributed by atoms with Gasteiger partial charge >= 0.3 is 0 Å². The van der Waals surface area contributed by atoms with Crippen LogP contribution in [0.25, 0.3) is 0 Å². The lowest BCUT2D eigenvalue weighted by Crippen LogP contribution is -2.28. The third kappa shape index (κ3) is 2.75. The number of aromatic nitrogens is 5. The first kappa shape index (κ1) is 15.4. The van der Waals surface area contributed by atoms with Crippen molar-refractivity contribution in [3.05, 3.63) is 53.9 Å². The van der Waals surface area contributed by atoms with E-state index in [0.717, 1.165) is 29.0 Å². The molecule has 0 bridgehead atoms. The quantitative estimate of drug-likeness (QED) is 0.780. The molecule has 2 aromatic heterocycles. The number of pyridine rings is 1. The number of rotatable bonds is 4. The van der Waals surface area contributed by atoms with Gasteiger partial charge in [0, 0.05) is 18.0 Å². The predicted octanol–water partition coefficient (Wildman–Crippen LogP) is 2.23. The van der Waals surface area contributed by atoms with E-state index in [0.29, 0.717) is 5.95 Å². The molecule has 3 heterocycles. The van der Waals surface area contributed by atoms with Gasteiger partial charge in [0.25, 0.3) is 0 Å². The van der Waals surface area contributed by atoms with Crippen LogP contribution in [0.4, 0.5) is 5.95 Å². The summed E-state index contributed by atoms with van der Waals surface area (Å²) in [7, 11) is 3.31. The largest absolute Gasteiger partial charge is 0.497 e. The molecule has 0 amide bonds. The number of nitrogens with zero attached hydrogens (tertiary/aromatic N) is 5. The Bertz CT molecular complexity index is 867. The summed E-state index contributed by atoms with van der Waals surface area (Å²) in [5.41, 5.74) is 2.06. The van der Waals surface area contributed by atoms with Crippen molar-refractivity contribution in [3.8, 4) is 11.5 Å². The highest BCUT2D eigenvalue weighted by Crippen LogP contribution is 2.41. The minimum Gasteiger partial charge on any atom is -0.497 e. The van der Waals surface area contributed by atoms with Crippen molar-refractivity contribution in [3.63, 3.8) is 0 Å². The van der Waals surface area contributed by atoms with Gasteiger partial charge in [-0.1, -0.05) is 11.2 Å². The molecule has 1 N–H and O–H groups in total. The van der Waals surface area contributed by atoms with Crippen LogP contribution in [0.5, 0.6) is 11.5 Å². The average molecular weight is 338 g/mol. The zero-order valence-electron chi connectivity index (χ0n) is 14.0. The van der Waals surface area contributed by atoms with Crippen LogP contribution in [0, 0.1) is 0 Å². The van der Waals surface area contributed by atoms with Gasteiger partial charge in [-0.25, -0.2) is 4.68 Å². The number of tetrazole rings is 1. The zero-order chi connectivity index (χ0) is 17.2. The molecular formula is C17H18N6O2. The summed E-state index contributed by atoms with van der Waals surface area (Å²) in [5, 5.41) is 15.5. The van der Waals surface area contributed by atoms with Gasteiger partial charge in [0.15, 0.2) is 0 Å². The first-order valence-corrected chi connectivity index (χ1v) is 7.96. The molecule has 25 heavy (non-hydrogen) atoms. The molecule has 8 heteroatoms. The smallest absolute Gasteiger partial charge is 0.244 e. The normalized spacial score (nSPS) is 19.0.